The van der Waals surface area contributed by atoms with Crippen molar-refractivity contribution in [2.45, 2.75) is 32.7 Å². The lowest BCUT2D eigenvalue weighted by Crippen LogP contribution is -2.29. The standard InChI is InChI=1S/C29H33NO2/c1-22-23(13-10-14-27(22)24-11-6-4-7-12-24)15-16-25-19-29(32-3)26(20-28(25)31-2)21-30-17-8-5-9-18-30/h4,6-7,10-16,19-20H,5,8-9,17-18,21H2,1-3H3/b16-15+. The Morgan fingerprint density at radius 3 is 2.22 bits per heavy atom. The average Bonchev–Trinajstić information content (AvgIpc) is 2.84. The molecule has 3 aromatic carbocycles. The zero-order valence-corrected chi connectivity index (χ0v) is 19.4. The molecule has 1 saturated heterocycles. The Bertz CT molecular complexity index is 1070. The summed E-state index contributed by atoms with van der Waals surface area (Å²) in [6.07, 6.45) is 8.20. The number of hydrogen-bond acceptors (Lipinski definition) is 3. The van der Waals surface area contributed by atoms with E-state index < -0.39 is 0 Å². The van der Waals surface area contributed by atoms with E-state index in [0.717, 1.165) is 36.7 Å². The van der Waals surface area contributed by atoms with Gasteiger partial charge in [0, 0.05) is 17.7 Å². The maximum atomic E-state index is 5.76. The third-order valence-corrected chi connectivity index (χ3v) is 6.38. The van der Waals surface area contributed by atoms with Crippen molar-refractivity contribution in [1.82, 2.24) is 4.90 Å². The average molecular weight is 428 g/mol. The lowest BCUT2D eigenvalue weighted by Gasteiger charge is -2.27. The summed E-state index contributed by atoms with van der Waals surface area (Å²) >= 11 is 0. The molecule has 3 heteroatoms. The molecule has 0 atom stereocenters. The van der Waals surface area contributed by atoms with Crippen molar-refractivity contribution >= 4 is 12.2 Å². The summed E-state index contributed by atoms with van der Waals surface area (Å²) in [5.74, 6) is 1.80. The largest absolute Gasteiger partial charge is 0.496 e. The molecule has 0 unspecified atom stereocenters. The molecule has 3 nitrogen and oxygen atoms in total. The zero-order chi connectivity index (χ0) is 22.3. The van der Waals surface area contributed by atoms with Gasteiger partial charge in [-0.15, -0.1) is 0 Å². The lowest BCUT2D eigenvalue weighted by molar-refractivity contribution is 0.218. The van der Waals surface area contributed by atoms with Crippen LogP contribution in [-0.4, -0.2) is 32.2 Å². The minimum absolute atomic E-state index is 0.880. The summed E-state index contributed by atoms with van der Waals surface area (Å²) in [6.45, 7) is 5.40. The molecule has 0 bridgehead atoms. The third-order valence-electron chi connectivity index (χ3n) is 6.38. The van der Waals surface area contributed by atoms with Crippen LogP contribution in [0.5, 0.6) is 11.5 Å². The van der Waals surface area contributed by atoms with Crippen LogP contribution in [0.1, 0.15) is 41.5 Å². The van der Waals surface area contributed by atoms with Crippen LogP contribution in [0.25, 0.3) is 23.3 Å². The number of methoxy groups -OCH3 is 2. The summed E-state index contributed by atoms with van der Waals surface area (Å²) in [4.78, 5) is 2.51. The zero-order valence-electron chi connectivity index (χ0n) is 19.4. The van der Waals surface area contributed by atoms with Gasteiger partial charge in [0.15, 0.2) is 0 Å². The van der Waals surface area contributed by atoms with Crippen molar-refractivity contribution < 1.29 is 9.47 Å². The van der Waals surface area contributed by atoms with Gasteiger partial charge in [-0.25, -0.2) is 0 Å². The van der Waals surface area contributed by atoms with Gasteiger partial charge in [0.25, 0.3) is 0 Å². The van der Waals surface area contributed by atoms with Gasteiger partial charge in [-0.05, 0) is 67.2 Å². The first-order valence-corrected chi connectivity index (χ1v) is 11.5. The van der Waals surface area contributed by atoms with Crippen LogP contribution in [0, 0.1) is 6.92 Å². The summed E-state index contributed by atoms with van der Waals surface area (Å²) in [5.41, 5.74) is 7.17. The smallest absolute Gasteiger partial charge is 0.126 e. The summed E-state index contributed by atoms with van der Waals surface area (Å²) in [5, 5.41) is 0. The fraction of sp³-hybridized carbons (Fsp3) is 0.310. The first-order valence-electron chi connectivity index (χ1n) is 11.5. The number of piperidine rings is 1. The molecular formula is C29H33NO2. The van der Waals surface area contributed by atoms with E-state index in [1.807, 2.05) is 0 Å². The van der Waals surface area contributed by atoms with Gasteiger partial charge in [-0.2, -0.15) is 0 Å². The van der Waals surface area contributed by atoms with E-state index >= 15 is 0 Å². The highest BCUT2D eigenvalue weighted by Gasteiger charge is 2.16. The second-order valence-corrected chi connectivity index (χ2v) is 8.46. The summed E-state index contributed by atoms with van der Waals surface area (Å²) < 4.78 is 11.5. The second-order valence-electron chi connectivity index (χ2n) is 8.46. The molecule has 0 spiro atoms. The molecule has 0 N–H and O–H groups in total. The molecule has 32 heavy (non-hydrogen) atoms. The SMILES string of the molecule is COc1cc(CN2CCCCC2)c(OC)cc1/C=C/c1cccc(-c2ccccc2)c1C. The lowest BCUT2D eigenvalue weighted by atomic mass is 9.96. The number of likely N-dealkylation sites (tertiary alicyclic amines) is 1. The van der Waals surface area contributed by atoms with Crippen molar-refractivity contribution in [3.8, 4) is 22.6 Å². The predicted octanol–water partition coefficient (Wildman–Crippen LogP) is 6.84. The van der Waals surface area contributed by atoms with E-state index in [0.29, 0.717) is 0 Å². The molecule has 0 saturated carbocycles. The maximum Gasteiger partial charge on any atom is 0.126 e. The molecule has 1 heterocycles. The van der Waals surface area contributed by atoms with Gasteiger partial charge in [0.05, 0.1) is 14.2 Å². The van der Waals surface area contributed by atoms with Crippen LogP contribution >= 0.6 is 0 Å². The van der Waals surface area contributed by atoms with Crippen LogP contribution in [0.4, 0.5) is 0 Å². The van der Waals surface area contributed by atoms with Crippen LogP contribution in [0.15, 0.2) is 60.7 Å². The Morgan fingerprint density at radius 1 is 0.781 bits per heavy atom. The van der Waals surface area contributed by atoms with E-state index in [2.05, 4.69) is 84.6 Å². The van der Waals surface area contributed by atoms with Crippen molar-refractivity contribution in [3.63, 3.8) is 0 Å². The van der Waals surface area contributed by atoms with Crippen molar-refractivity contribution in [2.75, 3.05) is 27.3 Å². The number of rotatable bonds is 7. The highest BCUT2D eigenvalue weighted by Crippen LogP contribution is 2.33. The van der Waals surface area contributed by atoms with Gasteiger partial charge < -0.3 is 9.47 Å². The Kier molecular flexibility index (Phi) is 7.28. The third kappa shape index (κ3) is 5.05. The fourth-order valence-corrected chi connectivity index (χ4v) is 4.54. The van der Waals surface area contributed by atoms with E-state index in [-0.39, 0.29) is 0 Å². The van der Waals surface area contributed by atoms with Crippen LogP contribution < -0.4 is 9.47 Å². The monoisotopic (exact) mass is 427 g/mol. The fourth-order valence-electron chi connectivity index (χ4n) is 4.54. The minimum Gasteiger partial charge on any atom is -0.496 e. The van der Waals surface area contributed by atoms with Crippen LogP contribution in [0.2, 0.25) is 0 Å². The first kappa shape index (κ1) is 22.2. The Balaban J connectivity index is 1.62. The molecule has 166 valence electrons. The number of ether oxygens (including phenoxy) is 2. The Labute approximate surface area is 192 Å². The Morgan fingerprint density at radius 2 is 1.50 bits per heavy atom. The molecule has 0 aromatic heterocycles. The highest BCUT2D eigenvalue weighted by atomic mass is 16.5. The highest BCUT2D eigenvalue weighted by molar-refractivity contribution is 5.79. The van der Waals surface area contributed by atoms with Gasteiger partial charge in [0.1, 0.15) is 11.5 Å². The summed E-state index contributed by atoms with van der Waals surface area (Å²) in [6, 6.07) is 21.2. The van der Waals surface area contributed by atoms with Crippen LogP contribution in [0.3, 0.4) is 0 Å². The molecule has 1 aliphatic rings. The Hall–Kier alpha value is -3.04. The normalized spacial score (nSPS) is 14.6. The molecule has 1 aliphatic heterocycles. The van der Waals surface area contributed by atoms with Gasteiger partial charge in [-0.1, -0.05) is 67.1 Å². The predicted molar refractivity (Wildman–Crippen MR) is 134 cm³/mol. The number of hydrogen-bond donors (Lipinski definition) is 0. The van der Waals surface area contributed by atoms with E-state index in [9.17, 15) is 0 Å². The maximum absolute atomic E-state index is 5.76. The van der Waals surface area contributed by atoms with E-state index in [1.165, 1.54) is 47.1 Å². The molecule has 4 rings (SSSR count). The van der Waals surface area contributed by atoms with E-state index in [1.54, 1.807) is 14.2 Å². The molecule has 0 aliphatic carbocycles. The molecular weight excluding hydrogens is 394 g/mol. The number of nitrogens with zero attached hydrogens (tertiary/aromatic N) is 1. The van der Waals surface area contributed by atoms with Crippen molar-refractivity contribution in [2.24, 2.45) is 0 Å². The van der Waals surface area contributed by atoms with Crippen molar-refractivity contribution in [3.05, 3.63) is 82.9 Å². The van der Waals surface area contributed by atoms with Crippen molar-refractivity contribution in [1.29, 1.82) is 0 Å². The minimum atomic E-state index is 0.880. The second kappa shape index (κ2) is 10.5. The number of benzene rings is 3. The topological polar surface area (TPSA) is 21.7 Å². The molecule has 0 amide bonds. The molecule has 3 aromatic rings. The van der Waals surface area contributed by atoms with Crippen LogP contribution in [-0.2, 0) is 6.54 Å². The molecule has 0 radical (unpaired) electrons. The van der Waals surface area contributed by atoms with E-state index in [4.69, 9.17) is 9.47 Å². The quantitative estimate of drug-likeness (QED) is 0.386. The summed E-state index contributed by atoms with van der Waals surface area (Å²) in [7, 11) is 3.49. The van der Waals surface area contributed by atoms with Gasteiger partial charge >= 0.3 is 0 Å². The first-order chi connectivity index (χ1) is 15.7. The van der Waals surface area contributed by atoms with Gasteiger partial charge in [0.2, 0.25) is 0 Å². The molecule has 1 fully saturated rings. The van der Waals surface area contributed by atoms with Gasteiger partial charge in [-0.3, -0.25) is 4.90 Å².